The molecule has 19 nitrogen and oxygen atoms in total. The van der Waals surface area contributed by atoms with Gasteiger partial charge in [-0.1, -0.05) is 12.1 Å². The van der Waals surface area contributed by atoms with Crippen molar-refractivity contribution < 1.29 is 42.2 Å². The first-order chi connectivity index (χ1) is 33.5. The van der Waals surface area contributed by atoms with Crippen LogP contribution in [0.5, 0.6) is 11.5 Å². The third kappa shape index (κ3) is 12.5. The zero-order chi connectivity index (χ0) is 50.7. The molecule has 0 radical (unpaired) electrons. The lowest BCUT2D eigenvalue weighted by molar-refractivity contribution is -0.141. The predicted molar refractivity (Wildman–Crippen MR) is 257 cm³/mol. The van der Waals surface area contributed by atoms with Crippen molar-refractivity contribution in [3.63, 3.8) is 0 Å². The van der Waals surface area contributed by atoms with Gasteiger partial charge in [0.2, 0.25) is 23.6 Å². The van der Waals surface area contributed by atoms with Crippen LogP contribution in [0.25, 0.3) is 22.5 Å². The average molecular weight is 967 g/mol. The number of nitriles is 1. The van der Waals surface area contributed by atoms with Crippen molar-refractivity contribution >= 4 is 35.2 Å². The Bertz CT molecular complexity index is 2580. The molecule has 1 aromatic heterocycles. The minimum absolute atomic E-state index is 0.0162. The van der Waals surface area contributed by atoms with Gasteiger partial charge in [0.25, 0.3) is 11.8 Å². The van der Waals surface area contributed by atoms with Gasteiger partial charge >= 0.3 is 0 Å². The lowest BCUT2D eigenvalue weighted by atomic mass is 9.93. The highest BCUT2D eigenvalue weighted by atomic mass is 19.3. The van der Waals surface area contributed by atoms with E-state index in [0.717, 1.165) is 10.6 Å². The molecule has 0 unspecified atom stereocenters. The number of hydrogen-bond donors (Lipinski definition) is 7. The number of likely N-dealkylation sites (N-methyl/N-ethyl adjacent to an activating group) is 1. The van der Waals surface area contributed by atoms with Gasteiger partial charge in [0, 0.05) is 74.9 Å². The van der Waals surface area contributed by atoms with Crippen molar-refractivity contribution in [3.05, 3.63) is 88.7 Å². The molecule has 2 aliphatic heterocycles. The number of rotatable bonds is 16. The van der Waals surface area contributed by atoms with Gasteiger partial charge in [0.1, 0.15) is 55.4 Å². The Morgan fingerprint density at radius 2 is 1.51 bits per heavy atom. The number of anilines is 1. The molecular formula is C49H60F2N12O7. The lowest BCUT2D eigenvalue weighted by Gasteiger charge is -2.33. The number of aromatic nitrogens is 2. The van der Waals surface area contributed by atoms with E-state index in [1.165, 1.54) is 14.0 Å². The van der Waals surface area contributed by atoms with Crippen LogP contribution >= 0.6 is 0 Å². The monoisotopic (exact) mass is 966 g/mol. The van der Waals surface area contributed by atoms with E-state index in [2.05, 4.69) is 31.2 Å². The van der Waals surface area contributed by atoms with Crippen LogP contribution in [0, 0.1) is 25.2 Å². The summed E-state index contributed by atoms with van der Waals surface area (Å²) in [4.78, 5) is 83.0. The van der Waals surface area contributed by atoms with Gasteiger partial charge in [-0.25, -0.2) is 18.7 Å². The number of nitrogens with one attached hydrogen (secondary N) is 4. The Kier molecular flexibility index (Phi) is 17.4. The highest BCUT2D eigenvalue weighted by Crippen LogP contribution is 2.40. The number of ether oxygens (including phenoxy) is 2. The van der Waals surface area contributed by atoms with Crippen molar-refractivity contribution in [3.8, 4) is 40.1 Å². The molecule has 372 valence electrons. The van der Waals surface area contributed by atoms with Crippen molar-refractivity contribution in [1.82, 2.24) is 36.1 Å². The zero-order valence-electron chi connectivity index (χ0n) is 39.6. The summed E-state index contributed by atoms with van der Waals surface area (Å²) in [6.45, 7) is 5.40. The molecule has 0 aliphatic carbocycles. The van der Waals surface area contributed by atoms with E-state index in [1.54, 1.807) is 62.4 Å². The molecule has 0 saturated carbocycles. The standard InChI is InChI=1S/C49H60F2N12O7/c1-28-41(29(2)58-43(57-28)32-6-9-34(10-7-32)63-21-14-49(50,51)15-22-63)46(66)60-37(13-16-52)48(68)62(4)42-33-8-12-40(70-24-19-55)36(27-33)35-25-31(5-11-39(35)69-23-18-54)26-38(45(65)56-20-17-53)61-44(64)30(3)59-47(42)67/h5-12,25,27,30,37-38,42H,13-16,18-24,26,52,54-55H2,1-4H3,(H,56,65)(H,59,67)(H,60,66)(H,61,64)/t30-,37-,38-,42-/m0/s1. The summed E-state index contributed by atoms with van der Waals surface area (Å²) >= 11 is 0. The van der Waals surface area contributed by atoms with Gasteiger partial charge in [0.15, 0.2) is 5.82 Å². The Labute approximate surface area is 404 Å². The molecule has 1 fully saturated rings. The number of nitrogens with two attached hydrogens (primary N) is 3. The lowest BCUT2D eigenvalue weighted by Crippen LogP contribution is -2.56. The van der Waals surface area contributed by atoms with E-state index in [-0.39, 0.29) is 89.3 Å². The number of benzene rings is 3. The van der Waals surface area contributed by atoms with Crippen molar-refractivity contribution in [2.75, 3.05) is 64.4 Å². The van der Waals surface area contributed by atoms with Crippen LogP contribution in [0.1, 0.15) is 65.1 Å². The summed E-state index contributed by atoms with van der Waals surface area (Å²) in [5, 5.41) is 19.9. The molecule has 0 spiro atoms. The first-order valence-electron chi connectivity index (χ1n) is 23.0. The number of carbonyl (C=O) groups excluding carboxylic acids is 5. The topological polar surface area (TPSA) is 286 Å². The summed E-state index contributed by atoms with van der Waals surface area (Å²) in [6.07, 6.45) is -0.496. The summed E-state index contributed by atoms with van der Waals surface area (Å²) in [6, 6.07) is 14.0. The van der Waals surface area contributed by atoms with Gasteiger partial charge in [-0.3, -0.25) is 24.0 Å². The fraction of sp³-hybridized carbons (Fsp3) is 0.429. The second kappa shape index (κ2) is 23.3. The first kappa shape index (κ1) is 52.1. The fourth-order valence-corrected chi connectivity index (χ4v) is 8.45. The van der Waals surface area contributed by atoms with E-state index in [9.17, 15) is 38.0 Å². The molecule has 4 bridgehead atoms. The molecule has 3 aromatic carbocycles. The van der Waals surface area contributed by atoms with Gasteiger partial charge in [-0.05, 0) is 93.4 Å². The number of amides is 5. The number of hydrogen-bond acceptors (Lipinski definition) is 14. The fourth-order valence-electron chi connectivity index (χ4n) is 8.45. The van der Waals surface area contributed by atoms with Crippen LogP contribution in [0.3, 0.4) is 0 Å². The van der Waals surface area contributed by atoms with E-state index in [4.69, 9.17) is 26.7 Å². The normalized spacial score (nSPS) is 18.2. The zero-order valence-corrected chi connectivity index (χ0v) is 39.6. The molecule has 4 atom stereocenters. The highest BCUT2D eigenvalue weighted by molar-refractivity contribution is 6.00. The van der Waals surface area contributed by atoms with Crippen molar-refractivity contribution in [2.45, 2.75) is 76.5 Å². The molecule has 2 aliphatic rings. The van der Waals surface area contributed by atoms with Crippen LogP contribution in [-0.2, 0) is 25.6 Å². The quantitative estimate of drug-likeness (QED) is 0.0793. The van der Waals surface area contributed by atoms with Gasteiger partial charge < -0.3 is 57.7 Å². The average Bonchev–Trinajstić information content (AvgIpc) is 3.33. The molecule has 10 N–H and O–H groups in total. The number of fused-ring (bicyclic) bond motifs is 5. The Hall–Kier alpha value is -7.28. The minimum Gasteiger partial charge on any atom is -0.492 e. The van der Waals surface area contributed by atoms with Crippen molar-refractivity contribution in [1.29, 1.82) is 5.26 Å². The van der Waals surface area contributed by atoms with Gasteiger partial charge in [0.05, 0.1) is 23.0 Å². The van der Waals surface area contributed by atoms with Crippen LogP contribution < -0.4 is 52.8 Å². The van der Waals surface area contributed by atoms with E-state index in [0.29, 0.717) is 51.0 Å². The SMILES string of the molecule is Cc1nc(-c2ccc(N3CCC(F)(F)CC3)cc2)nc(C)c1C(=O)N[C@@H](CCN)C(=O)N(C)[C@@H]1C(=O)N[C@@H](C)C(=O)N[C@H](C(=O)NCC#N)Cc2ccc(OCCN)c(c2)-c2cc1ccc2OCCN. The molecule has 3 heterocycles. The maximum Gasteiger partial charge on any atom is 0.255 e. The smallest absolute Gasteiger partial charge is 0.255 e. The molecule has 6 rings (SSSR count). The second-order valence-corrected chi connectivity index (χ2v) is 17.2. The van der Waals surface area contributed by atoms with Gasteiger partial charge in [-0.2, -0.15) is 5.26 Å². The maximum atomic E-state index is 14.8. The molecule has 5 amide bonds. The summed E-state index contributed by atoms with van der Waals surface area (Å²) in [5.74, 6) is -5.11. The number of carbonyl (C=O) groups is 5. The maximum absolute atomic E-state index is 14.8. The highest BCUT2D eigenvalue weighted by Gasteiger charge is 2.37. The predicted octanol–water partition coefficient (Wildman–Crippen LogP) is 2.17. The van der Waals surface area contributed by atoms with Crippen LogP contribution in [-0.4, -0.2) is 128 Å². The summed E-state index contributed by atoms with van der Waals surface area (Å²) in [5.41, 5.74) is 21.7. The van der Waals surface area contributed by atoms with E-state index < -0.39 is 59.6 Å². The molecule has 4 aromatic rings. The van der Waals surface area contributed by atoms with Crippen LogP contribution in [0.4, 0.5) is 14.5 Å². The Morgan fingerprint density at radius 3 is 2.11 bits per heavy atom. The first-order valence-corrected chi connectivity index (χ1v) is 23.0. The largest absolute Gasteiger partial charge is 0.492 e. The number of aryl methyl sites for hydroxylation is 2. The molecule has 1 saturated heterocycles. The summed E-state index contributed by atoms with van der Waals surface area (Å²) in [7, 11) is 1.39. The number of alkyl halides is 2. The third-order valence-corrected chi connectivity index (χ3v) is 12.1. The van der Waals surface area contributed by atoms with Crippen LogP contribution in [0.15, 0.2) is 60.7 Å². The van der Waals surface area contributed by atoms with Gasteiger partial charge in [-0.15, -0.1) is 0 Å². The Morgan fingerprint density at radius 1 is 0.900 bits per heavy atom. The summed E-state index contributed by atoms with van der Waals surface area (Å²) < 4.78 is 39.7. The van der Waals surface area contributed by atoms with E-state index in [1.807, 2.05) is 23.1 Å². The second-order valence-electron chi connectivity index (χ2n) is 17.2. The van der Waals surface area contributed by atoms with Crippen molar-refractivity contribution in [2.24, 2.45) is 17.2 Å². The molecular weight excluding hydrogens is 907 g/mol. The van der Waals surface area contributed by atoms with E-state index >= 15 is 0 Å². The number of piperidine rings is 1. The van der Waals surface area contributed by atoms with Crippen LogP contribution in [0.2, 0.25) is 0 Å². The number of nitrogens with zero attached hydrogens (tertiary/aromatic N) is 5. The molecule has 21 heteroatoms. The Balaban J connectivity index is 1.34. The number of halogens is 2. The molecule has 70 heavy (non-hydrogen) atoms. The third-order valence-electron chi connectivity index (χ3n) is 12.1. The minimum atomic E-state index is -2.67.